The molecule has 1 aliphatic heterocycles. The maximum Gasteiger partial charge on any atom is 0.300 e. The lowest BCUT2D eigenvalue weighted by Crippen LogP contribution is -2.29. The first kappa shape index (κ1) is 20.3. The Balaban J connectivity index is 1.92. The minimum Gasteiger partial charge on any atom is -0.507 e. The summed E-state index contributed by atoms with van der Waals surface area (Å²) in [7, 11) is 0. The summed E-state index contributed by atoms with van der Waals surface area (Å²) < 4.78 is 0. The average Bonchev–Trinajstić information content (AvgIpc) is 3.05. The zero-order chi connectivity index (χ0) is 22.1. The van der Waals surface area contributed by atoms with Gasteiger partial charge in [-0.15, -0.1) is 0 Å². The molecule has 3 aromatic carbocycles. The van der Waals surface area contributed by atoms with Crippen LogP contribution < -0.4 is 4.90 Å². The van der Waals surface area contributed by atoms with Crippen molar-refractivity contribution in [3.05, 3.63) is 111 Å². The Kier molecular flexibility index (Phi) is 5.27. The molecule has 31 heavy (non-hydrogen) atoms. The maximum absolute atomic E-state index is 13.0. The molecule has 0 bridgehead atoms. The molecule has 1 fully saturated rings. The topological polar surface area (TPSA) is 101 Å². The number of anilines is 1. The fourth-order valence-corrected chi connectivity index (χ4v) is 3.67. The summed E-state index contributed by atoms with van der Waals surface area (Å²) >= 11 is 5.91. The van der Waals surface area contributed by atoms with Crippen molar-refractivity contribution in [3.8, 4) is 0 Å². The summed E-state index contributed by atoms with van der Waals surface area (Å²) in [5.41, 5.74) is 0.998. The molecule has 1 atom stereocenters. The molecule has 1 amide bonds. The van der Waals surface area contributed by atoms with Gasteiger partial charge in [-0.1, -0.05) is 29.8 Å². The van der Waals surface area contributed by atoms with E-state index in [4.69, 9.17) is 11.6 Å². The molecular weight excluding hydrogens is 420 g/mol. The predicted octanol–water partition coefficient (Wildman–Crippen LogP) is 4.87. The molecule has 1 aliphatic rings. The lowest BCUT2D eigenvalue weighted by Gasteiger charge is -2.25. The van der Waals surface area contributed by atoms with Gasteiger partial charge in [-0.25, -0.2) is 0 Å². The van der Waals surface area contributed by atoms with Gasteiger partial charge in [0, 0.05) is 28.4 Å². The third-order valence-corrected chi connectivity index (χ3v) is 5.27. The van der Waals surface area contributed by atoms with Crippen molar-refractivity contribution in [2.75, 3.05) is 4.90 Å². The molecule has 1 heterocycles. The van der Waals surface area contributed by atoms with Crippen LogP contribution in [0.1, 0.15) is 17.2 Å². The zero-order valence-corrected chi connectivity index (χ0v) is 16.7. The molecular formula is C23H15ClN2O5. The number of aliphatic hydroxyl groups excluding tert-OH is 1. The SMILES string of the molecule is O=C1C(=O)N(c2ccccc2)[C@H](c2ccc([N+](=O)[O-])cc2)C1=C(O)c1ccc(Cl)cc1. The van der Waals surface area contributed by atoms with Crippen LogP contribution in [0.5, 0.6) is 0 Å². The second-order valence-corrected chi connectivity index (χ2v) is 7.30. The van der Waals surface area contributed by atoms with Crippen LogP contribution in [0, 0.1) is 10.1 Å². The summed E-state index contributed by atoms with van der Waals surface area (Å²) in [5, 5.41) is 22.5. The van der Waals surface area contributed by atoms with Gasteiger partial charge in [-0.2, -0.15) is 0 Å². The van der Waals surface area contributed by atoms with Gasteiger partial charge >= 0.3 is 0 Å². The van der Waals surface area contributed by atoms with E-state index in [2.05, 4.69) is 0 Å². The number of nitrogens with zero attached hydrogens (tertiary/aromatic N) is 2. The maximum atomic E-state index is 13.0. The number of nitro benzene ring substituents is 1. The molecule has 1 N–H and O–H groups in total. The minimum absolute atomic E-state index is 0.106. The lowest BCUT2D eigenvalue weighted by atomic mass is 9.95. The number of hydrogen-bond donors (Lipinski definition) is 1. The van der Waals surface area contributed by atoms with Crippen molar-refractivity contribution in [1.29, 1.82) is 0 Å². The first-order valence-electron chi connectivity index (χ1n) is 9.25. The van der Waals surface area contributed by atoms with E-state index >= 15 is 0 Å². The molecule has 1 saturated heterocycles. The number of carbonyl (C=O) groups is 2. The lowest BCUT2D eigenvalue weighted by molar-refractivity contribution is -0.384. The highest BCUT2D eigenvalue weighted by Crippen LogP contribution is 2.42. The first-order chi connectivity index (χ1) is 14.9. The van der Waals surface area contributed by atoms with E-state index in [-0.39, 0.29) is 17.0 Å². The molecule has 0 saturated carbocycles. The van der Waals surface area contributed by atoms with Crippen LogP contribution in [-0.4, -0.2) is 21.7 Å². The molecule has 0 aromatic heterocycles. The van der Waals surface area contributed by atoms with Gasteiger partial charge in [0.2, 0.25) is 0 Å². The fraction of sp³-hybridized carbons (Fsp3) is 0.0435. The predicted molar refractivity (Wildman–Crippen MR) is 116 cm³/mol. The highest BCUT2D eigenvalue weighted by atomic mass is 35.5. The molecule has 0 aliphatic carbocycles. The number of nitro groups is 1. The molecule has 154 valence electrons. The Morgan fingerprint density at radius 2 is 1.55 bits per heavy atom. The van der Waals surface area contributed by atoms with Crippen LogP contribution in [0.15, 0.2) is 84.4 Å². The van der Waals surface area contributed by atoms with Crippen molar-refractivity contribution >= 4 is 40.4 Å². The Bertz CT molecular complexity index is 1200. The van der Waals surface area contributed by atoms with Crippen molar-refractivity contribution in [1.82, 2.24) is 0 Å². The normalized spacial score (nSPS) is 17.7. The molecule has 0 spiro atoms. The van der Waals surface area contributed by atoms with Crippen molar-refractivity contribution in [2.24, 2.45) is 0 Å². The summed E-state index contributed by atoms with van der Waals surface area (Å²) in [6, 6.07) is 19.3. The van der Waals surface area contributed by atoms with Gasteiger partial charge in [0.15, 0.2) is 0 Å². The van der Waals surface area contributed by atoms with E-state index in [1.54, 1.807) is 54.6 Å². The van der Waals surface area contributed by atoms with Crippen molar-refractivity contribution in [2.45, 2.75) is 6.04 Å². The number of non-ortho nitro benzene ring substituents is 1. The third-order valence-electron chi connectivity index (χ3n) is 5.02. The molecule has 7 nitrogen and oxygen atoms in total. The van der Waals surface area contributed by atoms with E-state index in [0.29, 0.717) is 21.8 Å². The Labute approximate surface area is 182 Å². The van der Waals surface area contributed by atoms with Gasteiger partial charge in [0.25, 0.3) is 17.4 Å². The van der Waals surface area contributed by atoms with Crippen LogP contribution in [0.3, 0.4) is 0 Å². The van der Waals surface area contributed by atoms with Crippen LogP contribution in [0.2, 0.25) is 5.02 Å². The number of aliphatic hydroxyl groups is 1. The monoisotopic (exact) mass is 434 g/mol. The fourth-order valence-electron chi connectivity index (χ4n) is 3.54. The number of carbonyl (C=O) groups excluding carboxylic acids is 2. The summed E-state index contributed by atoms with van der Waals surface area (Å²) in [4.78, 5) is 37.7. The number of rotatable bonds is 4. The number of Topliss-reactive ketones (excluding diaryl/α,β-unsaturated/α-hetero) is 1. The first-order valence-corrected chi connectivity index (χ1v) is 9.62. The van der Waals surface area contributed by atoms with E-state index < -0.39 is 22.7 Å². The number of amides is 1. The average molecular weight is 435 g/mol. The second kappa shape index (κ2) is 8.04. The van der Waals surface area contributed by atoms with Crippen LogP contribution >= 0.6 is 11.6 Å². The van der Waals surface area contributed by atoms with Crippen molar-refractivity contribution in [3.63, 3.8) is 0 Å². The van der Waals surface area contributed by atoms with E-state index in [9.17, 15) is 24.8 Å². The van der Waals surface area contributed by atoms with Gasteiger partial charge < -0.3 is 5.11 Å². The Morgan fingerprint density at radius 3 is 2.13 bits per heavy atom. The van der Waals surface area contributed by atoms with E-state index in [1.165, 1.54) is 29.2 Å². The molecule has 4 rings (SSSR count). The number of ketones is 1. The highest BCUT2D eigenvalue weighted by molar-refractivity contribution is 6.51. The molecule has 8 heteroatoms. The zero-order valence-electron chi connectivity index (χ0n) is 15.9. The van der Waals surface area contributed by atoms with Crippen LogP contribution in [0.25, 0.3) is 5.76 Å². The van der Waals surface area contributed by atoms with Crippen molar-refractivity contribution < 1.29 is 19.6 Å². The highest BCUT2D eigenvalue weighted by Gasteiger charge is 2.47. The number of halogens is 1. The van der Waals surface area contributed by atoms with Gasteiger partial charge in [0.1, 0.15) is 5.76 Å². The van der Waals surface area contributed by atoms with E-state index in [1.807, 2.05) is 0 Å². The van der Waals surface area contributed by atoms with Crippen LogP contribution in [-0.2, 0) is 9.59 Å². The Hall–Kier alpha value is -3.97. The molecule has 0 unspecified atom stereocenters. The molecule has 0 radical (unpaired) electrons. The quantitative estimate of drug-likeness (QED) is 0.207. The van der Waals surface area contributed by atoms with Gasteiger partial charge in [-0.3, -0.25) is 24.6 Å². The molecule has 3 aromatic rings. The number of benzene rings is 3. The van der Waals surface area contributed by atoms with Gasteiger partial charge in [0.05, 0.1) is 16.5 Å². The largest absolute Gasteiger partial charge is 0.507 e. The summed E-state index contributed by atoms with van der Waals surface area (Å²) in [6.07, 6.45) is 0. The third kappa shape index (κ3) is 3.67. The van der Waals surface area contributed by atoms with Gasteiger partial charge in [-0.05, 0) is 54.1 Å². The van der Waals surface area contributed by atoms with E-state index in [0.717, 1.165) is 0 Å². The summed E-state index contributed by atoms with van der Waals surface area (Å²) in [5.74, 6) is -2.00. The minimum atomic E-state index is -0.959. The second-order valence-electron chi connectivity index (χ2n) is 6.86. The number of para-hydroxylation sites is 1. The smallest absolute Gasteiger partial charge is 0.300 e. The summed E-state index contributed by atoms with van der Waals surface area (Å²) in [6.45, 7) is 0. The number of hydrogen-bond acceptors (Lipinski definition) is 5. The standard InChI is InChI=1S/C23H15ClN2O5/c24-16-10-6-15(7-11-16)21(27)19-20(14-8-12-18(13-9-14)26(30)31)25(23(29)22(19)28)17-4-2-1-3-5-17/h1-13,20,27H/t20-/m1/s1. The Morgan fingerprint density at radius 1 is 0.935 bits per heavy atom. The van der Waals surface area contributed by atoms with Crippen LogP contribution in [0.4, 0.5) is 11.4 Å².